The minimum Gasteiger partial charge on any atom is -0.321 e. The molecule has 1 aromatic carbocycles. The van der Waals surface area contributed by atoms with Crippen molar-refractivity contribution in [2.24, 2.45) is 0 Å². The van der Waals surface area contributed by atoms with Crippen LogP contribution in [0.25, 0.3) is 10.7 Å². The summed E-state index contributed by atoms with van der Waals surface area (Å²) in [7, 11) is 0. The normalized spacial score (nSPS) is 10.3. The number of hydrogen-bond acceptors (Lipinski definition) is 5. The topological polar surface area (TPSA) is 67.8 Å². The van der Waals surface area contributed by atoms with Crippen molar-refractivity contribution >= 4 is 22.9 Å². The molecule has 0 atom stereocenters. The van der Waals surface area contributed by atoms with Gasteiger partial charge < -0.3 is 5.32 Å². The molecule has 0 saturated carbocycles. The SMILES string of the molecule is O=C(Nc1ccc(F)cc1)c1csc(-c2cnccn2)n1. The van der Waals surface area contributed by atoms with Gasteiger partial charge in [-0.15, -0.1) is 11.3 Å². The molecule has 21 heavy (non-hydrogen) atoms. The number of carbonyl (C=O) groups is 1. The summed E-state index contributed by atoms with van der Waals surface area (Å²) >= 11 is 1.31. The van der Waals surface area contributed by atoms with Gasteiger partial charge in [0.05, 0.1) is 6.20 Å². The van der Waals surface area contributed by atoms with E-state index in [4.69, 9.17) is 0 Å². The van der Waals surface area contributed by atoms with E-state index in [9.17, 15) is 9.18 Å². The fraction of sp³-hybridized carbons (Fsp3) is 0. The number of anilines is 1. The van der Waals surface area contributed by atoms with E-state index in [1.165, 1.54) is 35.6 Å². The van der Waals surface area contributed by atoms with Gasteiger partial charge in [0.2, 0.25) is 0 Å². The number of amides is 1. The Bertz CT molecular complexity index is 758. The molecule has 0 aliphatic carbocycles. The average molecular weight is 300 g/mol. The molecule has 2 heterocycles. The highest BCUT2D eigenvalue weighted by molar-refractivity contribution is 7.13. The zero-order valence-corrected chi connectivity index (χ0v) is 11.5. The Morgan fingerprint density at radius 1 is 1.19 bits per heavy atom. The van der Waals surface area contributed by atoms with Crippen molar-refractivity contribution in [3.63, 3.8) is 0 Å². The lowest BCUT2D eigenvalue weighted by Crippen LogP contribution is -2.12. The first-order valence-electron chi connectivity index (χ1n) is 6.01. The van der Waals surface area contributed by atoms with Gasteiger partial charge in [0.1, 0.15) is 22.2 Å². The molecule has 1 amide bonds. The van der Waals surface area contributed by atoms with Crippen LogP contribution in [0.2, 0.25) is 0 Å². The lowest BCUT2D eigenvalue weighted by atomic mass is 10.3. The third-order valence-electron chi connectivity index (χ3n) is 2.62. The van der Waals surface area contributed by atoms with Crippen molar-refractivity contribution in [3.8, 4) is 10.7 Å². The number of carbonyl (C=O) groups excluding carboxylic acids is 1. The third kappa shape index (κ3) is 3.09. The highest BCUT2D eigenvalue weighted by Gasteiger charge is 2.12. The third-order valence-corrected chi connectivity index (χ3v) is 3.49. The van der Waals surface area contributed by atoms with Crippen LogP contribution in [0.5, 0.6) is 0 Å². The summed E-state index contributed by atoms with van der Waals surface area (Å²) in [6.07, 6.45) is 4.72. The van der Waals surface area contributed by atoms with Crippen molar-refractivity contribution in [2.75, 3.05) is 5.32 Å². The molecule has 3 aromatic rings. The Balaban J connectivity index is 1.77. The van der Waals surface area contributed by atoms with Crippen LogP contribution in [0.4, 0.5) is 10.1 Å². The van der Waals surface area contributed by atoms with E-state index < -0.39 is 0 Å². The quantitative estimate of drug-likeness (QED) is 0.807. The van der Waals surface area contributed by atoms with E-state index in [-0.39, 0.29) is 17.4 Å². The van der Waals surface area contributed by atoms with Gasteiger partial charge in [0.15, 0.2) is 0 Å². The molecule has 5 nitrogen and oxygen atoms in total. The number of hydrogen-bond donors (Lipinski definition) is 1. The smallest absolute Gasteiger partial charge is 0.275 e. The molecule has 0 unspecified atom stereocenters. The first-order valence-corrected chi connectivity index (χ1v) is 6.89. The molecule has 0 aliphatic rings. The molecule has 104 valence electrons. The molecular formula is C14H9FN4OS. The first-order chi connectivity index (χ1) is 10.2. The van der Waals surface area contributed by atoms with Crippen LogP contribution in [0, 0.1) is 5.82 Å². The molecule has 0 bridgehead atoms. The Morgan fingerprint density at radius 2 is 2.00 bits per heavy atom. The fourth-order valence-electron chi connectivity index (χ4n) is 1.63. The lowest BCUT2D eigenvalue weighted by Gasteiger charge is -2.02. The van der Waals surface area contributed by atoms with Crippen molar-refractivity contribution in [3.05, 3.63) is 59.7 Å². The van der Waals surface area contributed by atoms with Crippen molar-refractivity contribution < 1.29 is 9.18 Å². The number of halogens is 1. The number of rotatable bonds is 3. The molecule has 3 rings (SSSR count). The summed E-state index contributed by atoms with van der Waals surface area (Å²) in [4.78, 5) is 24.4. The summed E-state index contributed by atoms with van der Waals surface area (Å²) in [5.74, 6) is -0.709. The van der Waals surface area contributed by atoms with Crippen LogP contribution in [0.15, 0.2) is 48.2 Å². The number of thiazole rings is 1. The average Bonchev–Trinajstić information content (AvgIpc) is 3.00. The molecule has 0 aliphatic heterocycles. The minimum atomic E-state index is -0.355. The molecule has 0 radical (unpaired) electrons. The summed E-state index contributed by atoms with van der Waals surface area (Å²) in [5, 5.41) is 4.91. The molecule has 1 N–H and O–H groups in total. The number of nitrogens with one attached hydrogen (secondary N) is 1. The van der Waals surface area contributed by atoms with Crippen molar-refractivity contribution in [1.82, 2.24) is 15.0 Å². The van der Waals surface area contributed by atoms with Crippen LogP contribution >= 0.6 is 11.3 Å². The van der Waals surface area contributed by atoms with Crippen molar-refractivity contribution in [1.29, 1.82) is 0 Å². The Hall–Kier alpha value is -2.67. The Kier molecular flexibility index (Phi) is 3.65. The van der Waals surface area contributed by atoms with Gasteiger partial charge in [-0.05, 0) is 24.3 Å². The zero-order chi connectivity index (χ0) is 14.7. The van der Waals surface area contributed by atoms with Crippen LogP contribution in [0.1, 0.15) is 10.5 Å². The maximum absolute atomic E-state index is 12.8. The van der Waals surface area contributed by atoms with E-state index in [0.717, 1.165) is 0 Å². The zero-order valence-electron chi connectivity index (χ0n) is 10.7. The van der Waals surface area contributed by atoms with Crippen LogP contribution in [-0.2, 0) is 0 Å². The van der Waals surface area contributed by atoms with E-state index in [0.29, 0.717) is 16.4 Å². The number of nitrogens with zero attached hydrogens (tertiary/aromatic N) is 3. The Morgan fingerprint density at radius 3 is 2.71 bits per heavy atom. The summed E-state index contributed by atoms with van der Waals surface area (Å²) in [6, 6.07) is 5.54. The second-order valence-electron chi connectivity index (χ2n) is 4.09. The maximum atomic E-state index is 12.8. The largest absolute Gasteiger partial charge is 0.321 e. The van der Waals surface area contributed by atoms with Gasteiger partial charge in [-0.1, -0.05) is 0 Å². The van der Waals surface area contributed by atoms with Gasteiger partial charge in [0, 0.05) is 23.5 Å². The molecule has 0 fully saturated rings. The number of benzene rings is 1. The van der Waals surface area contributed by atoms with E-state index >= 15 is 0 Å². The van der Waals surface area contributed by atoms with Crippen LogP contribution in [0.3, 0.4) is 0 Å². The standard InChI is InChI=1S/C14H9FN4OS/c15-9-1-3-10(4-2-9)18-13(20)12-8-21-14(19-12)11-7-16-5-6-17-11/h1-8H,(H,18,20). The van der Waals surface area contributed by atoms with Gasteiger partial charge in [-0.3, -0.25) is 14.8 Å². The minimum absolute atomic E-state index is 0.282. The molecule has 2 aromatic heterocycles. The molecule has 0 saturated heterocycles. The van der Waals surface area contributed by atoms with Gasteiger partial charge in [-0.2, -0.15) is 0 Å². The molecular weight excluding hydrogens is 291 g/mol. The van der Waals surface area contributed by atoms with Crippen LogP contribution in [-0.4, -0.2) is 20.9 Å². The maximum Gasteiger partial charge on any atom is 0.275 e. The highest BCUT2D eigenvalue weighted by atomic mass is 32.1. The first kappa shape index (κ1) is 13.3. The van der Waals surface area contributed by atoms with Gasteiger partial charge in [0.25, 0.3) is 5.91 Å². The predicted molar refractivity (Wildman–Crippen MR) is 77.5 cm³/mol. The van der Waals surface area contributed by atoms with Crippen molar-refractivity contribution in [2.45, 2.75) is 0 Å². The van der Waals surface area contributed by atoms with Crippen LogP contribution < -0.4 is 5.32 Å². The molecule has 0 spiro atoms. The lowest BCUT2D eigenvalue weighted by molar-refractivity contribution is 0.102. The van der Waals surface area contributed by atoms with Gasteiger partial charge >= 0.3 is 0 Å². The van der Waals surface area contributed by atoms with E-state index in [2.05, 4.69) is 20.3 Å². The highest BCUT2D eigenvalue weighted by Crippen LogP contribution is 2.21. The second-order valence-corrected chi connectivity index (χ2v) is 4.95. The van der Waals surface area contributed by atoms with Gasteiger partial charge in [-0.25, -0.2) is 9.37 Å². The number of aromatic nitrogens is 3. The fourth-order valence-corrected chi connectivity index (χ4v) is 2.39. The predicted octanol–water partition coefficient (Wildman–Crippen LogP) is 2.99. The second kappa shape index (κ2) is 5.76. The summed E-state index contributed by atoms with van der Waals surface area (Å²) in [6.45, 7) is 0. The Labute approximate surface area is 123 Å². The monoisotopic (exact) mass is 300 g/mol. The summed E-state index contributed by atoms with van der Waals surface area (Å²) < 4.78 is 12.8. The van der Waals surface area contributed by atoms with E-state index in [1.807, 2.05) is 0 Å². The summed E-state index contributed by atoms with van der Waals surface area (Å²) in [5.41, 5.74) is 1.41. The molecule has 7 heteroatoms. The van der Waals surface area contributed by atoms with E-state index in [1.54, 1.807) is 24.0 Å².